The average Bonchev–Trinajstić information content (AvgIpc) is 3.43. The van der Waals surface area contributed by atoms with Crippen molar-refractivity contribution in [2.45, 2.75) is 65.7 Å². The normalized spacial score (nSPS) is 18.0. The van der Waals surface area contributed by atoms with Crippen LogP contribution in [0.3, 0.4) is 0 Å². The largest absolute Gasteiger partial charge is 0.433 e. The Hall–Kier alpha value is -2.91. The SMILES string of the molecule is CCc1cc(C(F)(F)F)n2nc([C@@H]3CCCN3C(=O)[C@H](C)Cn3nc(C)cc3C)cc2n1. The highest BCUT2D eigenvalue weighted by Gasteiger charge is 2.37. The Bertz CT molecular complexity index is 1150. The van der Waals surface area contributed by atoms with Crippen molar-refractivity contribution in [3.63, 3.8) is 0 Å². The molecule has 0 spiro atoms. The molecule has 2 atom stereocenters. The summed E-state index contributed by atoms with van der Waals surface area (Å²) in [4.78, 5) is 19.3. The number of aromatic nitrogens is 5. The monoisotopic (exact) mass is 448 g/mol. The molecule has 4 rings (SSSR count). The fourth-order valence-corrected chi connectivity index (χ4v) is 4.41. The molecule has 3 aromatic heterocycles. The lowest BCUT2D eigenvalue weighted by molar-refractivity contribution is -0.143. The maximum Gasteiger partial charge on any atom is 0.433 e. The molecule has 3 aromatic rings. The molecular weight excluding hydrogens is 421 g/mol. The summed E-state index contributed by atoms with van der Waals surface area (Å²) in [7, 11) is 0. The van der Waals surface area contributed by atoms with Gasteiger partial charge >= 0.3 is 6.18 Å². The highest BCUT2D eigenvalue weighted by Crippen LogP contribution is 2.35. The zero-order valence-corrected chi connectivity index (χ0v) is 18.6. The van der Waals surface area contributed by atoms with Crippen LogP contribution in [-0.2, 0) is 23.9 Å². The Kier molecular flexibility index (Phi) is 5.72. The minimum Gasteiger partial charge on any atom is -0.334 e. The standard InChI is InChI=1S/C22H27F3N6O/c1-5-16-10-19(22(23,24)25)31-20(26-16)11-17(28-31)18-7-6-8-29(18)21(32)13(2)12-30-15(4)9-14(3)27-30/h9-11,13,18H,5-8,12H2,1-4H3/t13-,18+/m1/s1. The number of nitrogens with zero attached hydrogens (tertiary/aromatic N) is 6. The fourth-order valence-electron chi connectivity index (χ4n) is 4.41. The Balaban J connectivity index is 1.63. The molecule has 1 amide bonds. The first-order valence-corrected chi connectivity index (χ1v) is 10.9. The number of carbonyl (C=O) groups is 1. The number of likely N-dealkylation sites (tertiary alicyclic amines) is 1. The van der Waals surface area contributed by atoms with Crippen molar-refractivity contribution in [3.8, 4) is 0 Å². The summed E-state index contributed by atoms with van der Waals surface area (Å²) in [6.07, 6.45) is -2.73. The van der Waals surface area contributed by atoms with Gasteiger partial charge in [0.1, 0.15) is 5.69 Å². The van der Waals surface area contributed by atoms with E-state index in [1.54, 1.807) is 17.9 Å². The molecule has 1 saturated heterocycles. The number of hydrogen-bond donors (Lipinski definition) is 0. The number of carbonyl (C=O) groups excluding carboxylic acids is 1. The van der Waals surface area contributed by atoms with Crippen molar-refractivity contribution in [2.24, 2.45) is 5.92 Å². The Morgan fingerprint density at radius 1 is 1.22 bits per heavy atom. The van der Waals surface area contributed by atoms with Crippen molar-refractivity contribution in [1.29, 1.82) is 0 Å². The Morgan fingerprint density at radius 3 is 2.59 bits per heavy atom. The first-order chi connectivity index (χ1) is 15.1. The van der Waals surface area contributed by atoms with E-state index in [1.165, 1.54) is 0 Å². The lowest BCUT2D eigenvalue weighted by atomic mass is 10.1. The molecular formula is C22H27F3N6O. The molecule has 0 aromatic carbocycles. The average molecular weight is 448 g/mol. The predicted octanol–water partition coefficient (Wildman–Crippen LogP) is 4.12. The smallest absolute Gasteiger partial charge is 0.334 e. The molecule has 7 nitrogen and oxygen atoms in total. The summed E-state index contributed by atoms with van der Waals surface area (Å²) >= 11 is 0. The van der Waals surface area contributed by atoms with Crippen LogP contribution in [0.2, 0.25) is 0 Å². The van der Waals surface area contributed by atoms with Crippen LogP contribution in [0.15, 0.2) is 18.2 Å². The van der Waals surface area contributed by atoms with Gasteiger partial charge in [-0.2, -0.15) is 23.4 Å². The maximum absolute atomic E-state index is 13.6. The van der Waals surface area contributed by atoms with Crippen molar-refractivity contribution in [3.05, 3.63) is 46.7 Å². The molecule has 1 fully saturated rings. The number of alkyl halides is 3. The Labute approximate surface area is 184 Å². The zero-order chi connectivity index (χ0) is 23.2. The first-order valence-electron chi connectivity index (χ1n) is 10.9. The number of fused-ring (bicyclic) bond motifs is 1. The third-order valence-electron chi connectivity index (χ3n) is 6.00. The van der Waals surface area contributed by atoms with E-state index < -0.39 is 11.9 Å². The molecule has 32 heavy (non-hydrogen) atoms. The summed E-state index contributed by atoms with van der Waals surface area (Å²) in [6.45, 7) is 8.48. The Morgan fingerprint density at radius 2 is 1.97 bits per heavy atom. The van der Waals surface area contributed by atoms with Crippen molar-refractivity contribution < 1.29 is 18.0 Å². The third-order valence-corrected chi connectivity index (χ3v) is 6.00. The van der Waals surface area contributed by atoms with Crippen LogP contribution in [0.1, 0.15) is 61.2 Å². The highest BCUT2D eigenvalue weighted by atomic mass is 19.4. The number of halogens is 3. The zero-order valence-electron chi connectivity index (χ0n) is 18.6. The number of aryl methyl sites for hydroxylation is 3. The van der Waals surface area contributed by atoms with Gasteiger partial charge < -0.3 is 4.90 Å². The summed E-state index contributed by atoms with van der Waals surface area (Å²) in [5.74, 6) is -0.364. The molecule has 0 aliphatic carbocycles. The predicted molar refractivity (Wildman–Crippen MR) is 112 cm³/mol. The van der Waals surface area contributed by atoms with Gasteiger partial charge in [-0.25, -0.2) is 9.50 Å². The minimum absolute atomic E-state index is 0.0460. The second-order valence-corrected chi connectivity index (χ2v) is 8.52. The van der Waals surface area contributed by atoms with E-state index in [0.717, 1.165) is 28.4 Å². The quantitative estimate of drug-likeness (QED) is 0.589. The van der Waals surface area contributed by atoms with Crippen LogP contribution in [0, 0.1) is 19.8 Å². The lowest BCUT2D eigenvalue weighted by Crippen LogP contribution is -2.36. The second kappa shape index (κ2) is 8.22. The minimum atomic E-state index is -4.55. The van der Waals surface area contributed by atoms with Crippen LogP contribution in [0.25, 0.3) is 5.65 Å². The van der Waals surface area contributed by atoms with Gasteiger partial charge in [0.25, 0.3) is 0 Å². The third kappa shape index (κ3) is 4.10. The van der Waals surface area contributed by atoms with Crippen LogP contribution in [0.5, 0.6) is 0 Å². The van der Waals surface area contributed by atoms with Crippen molar-refractivity contribution in [1.82, 2.24) is 29.3 Å². The molecule has 1 aliphatic heterocycles. The van der Waals surface area contributed by atoms with Gasteiger partial charge in [0.15, 0.2) is 5.65 Å². The molecule has 172 valence electrons. The summed E-state index contributed by atoms with van der Waals surface area (Å²) in [5, 5.41) is 8.68. The molecule has 0 N–H and O–H groups in total. The number of rotatable bonds is 5. The van der Waals surface area contributed by atoms with E-state index in [4.69, 9.17) is 0 Å². The topological polar surface area (TPSA) is 68.3 Å². The molecule has 0 saturated carbocycles. The van der Waals surface area contributed by atoms with Crippen molar-refractivity contribution in [2.75, 3.05) is 6.54 Å². The summed E-state index contributed by atoms with van der Waals surface area (Å²) < 4.78 is 43.5. The summed E-state index contributed by atoms with van der Waals surface area (Å²) in [6, 6.07) is 4.22. The molecule has 0 unspecified atom stereocenters. The van der Waals surface area contributed by atoms with Gasteiger partial charge in [-0.05, 0) is 45.2 Å². The lowest BCUT2D eigenvalue weighted by Gasteiger charge is -2.26. The van der Waals surface area contributed by atoms with E-state index in [2.05, 4.69) is 15.2 Å². The van der Waals surface area contributed by atoms with Gasteiger partial charge in [0, 0.05) is 24.0 Å². The summed E-state index contributed by atoms with van der Waals surface area (Å²) in [5.41, 5.74) is 1.99. The second-order valence-electron chi connectivity index (χ2n) is 8.52. The fraction of sp³-hybridized carbons (Fsp3) is 0.545. The van der Waals surface area contributed by atoms with E-state index in [-0.39, 0.29) is 23.5 Å². The van der Waals surface area contributed by atoms with Gasteiger partial charge in [0.2, 0.25) is 5.91 Å². The number of amides is 1. The van der Waals surface area contributed by atoms with E-state index in [1.807, 2.05) is 31.5 Å². The van der Waals surface area contributed by atoms with Gasteiger partial charge in [0.05, 0.1) is 29.9 Å². The molecule has 0 bridgehead atoms. The number of hydrogen-bond acceptors (Lipinski definition) is 4. The highest BCUT2D eigenvalue weighted by molar-refractivity contribution is 5.79. The van der Waals surface area contributed by atoms with Crippen LogP contribution < -0.4 is 0 Å². The van der Waals surface area contributed by atoms with Crippen LogP contribution in [0.4, 0.5) is 13.2 Å². The molecule has 0 radical (unpaired) electrons. The van der Waals surface area contributed by atoms with E-state index >= 15 is 0 Å². The van der Waals surface area contributed by atoms with Gasteiger partial charge in [-0.1, -0.05) is 13.8 Å². The van der Waals surface area contributed by atoms with Gasteiger partial charge in [-0.3, -0.25) is 9.48 Å². The maximum atomic E-state index is 13.6. The van der Waals surface area contributed by atoms with Gasteiger partial charge in [-0.15, -0.1) is 0 Å². The first kappa shape index (κ1) is 22.3. The van der Waals surface area contributed by atoms with E-state index in [0.29, 0.717) is 37.3 Å². The molecule has 10 heteroatoms. The van der Waals surface area contributed by atoms with E-state index in [9.17, 15) is 18.0 Å². The molecule has 4 heterocycles. The van der Waals surface area contributed by atoms with Crippen LogP contribution in [-0.4, -0.2) is 41.7 Å². The van der Waals surface area contributed by atoms with Crippen LogP contribution >= 0.6 is 0 Å². The molecule has 1 aliphatic rings. The van der Waals surface area contributed by atoms with Crippen molar-refractivity contribution >= 4 is 11.6 Å².